The summed E-state index contributed by atoms with van der Waals surface area (Å²) in [7, 11) is 0. The summed E-state index contributed by atoms with van der Waals surface area (Å²) in [6.07, 6.45) is 0. The van der Waals surface area contributed by atoms with E-state index in [0.717, 1.165) is 0 Å². The summed E-state index contributed by atoms with van der Waals surface area (Å²) in [4.78, 5) is 0. The first-order valence-corrected chi connectivity index (χ1v) is 5.57. The minimum atomic E-state index is -4.06. The van der Waals surface area contributed by atoms with Crippen molar-refractivity contribution in [2.75, 3.05) is 0 Å². The fraction of sp³-hybridized carbons (Fsp3) is 1.00. The second kappa shape index (κ2) is 3.71. The van der Waals surface area contributed by atoms with Crippen molar-refractivity contribution >= 4 is 69.6 Å². The molecule has 0 aromatic carbocycles. The molecular weight excluding hydrogens is 365 g/mol. The van der Waals surface area contributed by atoms with Crippen LogP contribution in [0.15, 0.2) is 0 Å². The highest BCUT2D eigenvalue weighted by Crippen LogP contribution is 2.74. The Balaban J connectivity index is 2.94. The number of hydrogen-bond acceptors (Lipinski definition) is 1. The topological polar surface area (TPSA) is 9.23 Å². The van der Waals surface area contributed by atoms with Gasteiger partial charge in [-0.25, -0.2) is 0 Å². The SMILES string of the molecule is FC(Cl)(Cl)C(F)(Cl)OC1(Cl)C(F)(F)C1(Cl)Cl. The van der Waals surface area contributed by atoms with E-state index in [1.54, 1.807) is 0 Å². The number of rotatable bonds is 3. The van der Waals surface area contributed by atoms with Gasteiger partial charge in [0.25, 0.3) is 5.06 Å². The highest BCUT2D eigenvalue weighted by atomic mass is 35.5. The van der Waals surface area contributed by atoms with E-state index in [0.29, 0.717) is 0 Å². The summed E-state index contributed by atoms with van der Waals surface area (Å²) in [6.45, 7) is 0. The maximum Gasteiger partial charge on any atom is 0.352 e. The van der Waals surface area contributed by atoms with Gasteiger partial charge in [0.05, 0.1) is 0 Å². The van der Waals surface area contributed by atoms with Gasteiger partial charge < -0.3 is 0 Å². The summed E-state index contributed by atoms with van der Waals surface area (Å²) < 4.78 is 48.7. The van der Waals surface area contributed by atoms with Crippen LogP contribution in [0.2, 0.25) is 0 Å². The molecule has 0 N–H and O–H groups in total. The largest absolute Gasteiger partial charge is 0.352 e. The molecular formula is C5Cl6F4O. The molecule has 16 heavy (non-hydrogen) atoms. The zero-order valence-corrected chi connectivity index (χ0v) is 11.2. The molecule has 11 heteroatoms. The minimum absolute atomic E-state index is 2.98. The van der Waals surface area contributed by atoms with Crippen LogP contribution in [-0.4, -0.2) is 25.2 Å². The molecule has 1 fully saturated rings. The lowest BCUT2D eigenvalue weighted by Gasteiger charge is -2.26. The minimum Gasteiger partial charge on any atom is -0.297 e. The Hall–Kier alpha value is 1.42. The zero-order valence-electron chi connectivity index (χ0n) is 6.69. The van der Waals surface area contributed by atoms with Gasteiger partial charge in [-0.2, -0.15) is 17.6 Å². The van der Waals surface area contributed by atoms with Crippen molar-refractivity contribution in [2.24, 2.45) is 0 Å². The van der Waals surface area contributed by atoms with E-state index in [2.05, 4.69) is 27.9 Å². The zero-order chi connectivity index (χ0) is 13.2. The van der Waals surface area contributed by atoms with Gasteiger partial charge in [0.2, 0.25) is 4.33 Å². The van der Waals surface area contributed by atoms with Crippen molar-refractivity contribution in [2.45, 2.75) is 25.2 Å². The average Bonchev–Trinajstić information content (AvgIpc) is 2.25. The summed E-state index contributed by atoms with van der Waals surface area (Å²) in [5.74, 6) is -4.06. The van der Waals surface area contributed by atoms with Gasteiger partial charge in [-0.3, -0.25) is 4.74 Å². The van der Waals surface area contributed by atoms with E-state index in [1.165, 1.54) is 0 Å². The molecule has 0 amide bonds. The van der Waals surface area contributed by atoms with Crippen LogP contribution < -0.4 is 0 Å². The molecule has 0 aliphatic heterocycles. The van der Waals surface area contributed by atoms with Gasteiger partial charge in [0.15, 0.2) is 0 Å². The fourth-order valence-corrected chi connectivity index (χ4v) is 1.86. The second-order valence-corrected chi connectivity index (χ2v) is 6.44. The first-order valence-electron chi connectivity index (χ1n) is 3.30. The number of halogens is 10. The first-order chi connectivity index (χ1) is 6.71. The lowest BCUT2D eigenvalue weighted by Crippen LogP contribution is -2.41. The van der Waals surface area contributed by atoms with Crippen LogP contribution in [0.25, 0.3) is 0 Å². The van der Waals surface area contributed by atoms with Crippen molar-refractivity contribution in [1.29, 1.82) is 0 Å². The molecule has 1 saturated carbocycles. The van der Waals surface area contributed by atoms with Gasteiger partial charge in [0.1, 0.15) is 0 Å². The second-order valence-electron chi connectivity index (χ2n) is 2.86. The molecule has 0 spiro atoms. The van der Waals surface area contributed by atoms with Gasteiger partial charge in [0, 0.05) is 0 Å². The van der Waals surface area contributed by atoms with Crippen LogP contribution in [0, 0.1) is 0 Å². The third-order valence-electron chi connectivity index (χ3n) is 1.74. The standard InChI is InChI=1S/C5Cl6F4O/c6-1(7)2(8,3(1,12)13)16-5(11,15)4(9,10)14. The summed E-state index contributed by atoms with van der Waals surface area (Å²) in [6, 6.07) is 0. The summed E-state index contributed by atoms with van der Waals surface area (Å²) in [5, 5.41) is -7.31. The predicted molar refractivity (Wildman–Crippen MR) is 54.3 cm³/mol. The quantitative estimate of drug-likeness (QED) is 0.520. The van der Waals surface area contributed by atoms with E-state index in [4.69, 9.17) is 46.4 Å². The van der Waals surface area contributed by atoms with E-state index < -0.39 is 25.2 Å². The number of alkyl halides is 10. The molecule has 0 aromatic heterocycles. The summed E-state index contributed by atoms with van der Waals surface area (Å²) in [5.41, 5.74) is 0. The van der Waals surface area contributed by atoms with Crippen molar-refractivity contribution in [3.05, 3.63) is 0 Å². The highest BCUT2D eigenvalue weighted by molar-refractivity contribution is 6.59. The van der Waals surface area contributed by atoms with E-state index in [-0.39, 0.29) is 0 Å². The van der Waals surface area contributed by atoms with Crippen LogP contribution in [0.3, 0.4) is 0 Å². The maximum atomic E-state index is 13.2. The van der Waals surface area contributed by atoms with Gasteiger partial charge in [-0.05, 0) is 11.6 Å². The van der Waals surface area contributed by atoms with E-state index >= 15 is 0 Å². The Morgan fingerprint density at radius 3 is 1.44 bits per heavy atom. The molecule has 0 heterocycles. The third kappa shape index (κ3) is 1.87. The van der Waals surface area contributed by atoms with E-state index in [9.17, 15) is 17.6 Å². The molecule has 2 atom stereocenters. The Bertz CT molecular complexity index is 299. The first kappa shape index (κ1) is 15.5. The van der Waals surface area contributed by atoms with Crippen molar-refractivity contribution in [3.8, 4) is 0 Å². The molecule has 2 unspecified atom stereocenters. The molecule has 0 aromatic rings. The molecule has 0 radical (unpaired) electrons. The normalized spacial score (nSPS) is 35.6. The lowest BCUT2D eigenvalue weighted by molar-refractivity contribution is -0.160. The van der Waals surface area contributed by atoms with Crippen LogP contribution in [0.1, 0.15) is 0 Å². The Labute approximate surface area is 117 Å². The predicted octanol–water partition coefficient (Wildman–Crippen LogP) is 4.72. The van der Waals surface area contributed by atoms with Gasteiger partial charge in [-0.1, -0.05) is 58.0 Å². The monoisotopic (exact) mass is 362 g/mol. The average molecular weight is 365 g/mol. The number of hydrogen-bond donors (Lipinski definition) is 0. The lowest BCUT2D eigenvalue weighted by atomic mass is 10.6. The smallest absolute Gasteiger partial charge is 0.297 e. The van der Waals surface area contributed by atoms with Crippen LogP contribution in [0.4, 0.5) is 17.6 Å². The molecule has 1 aliphatic rings. The Morgan fingerprint density at radius 1 is 0.938 bits per heavy atom. The molecule has 0 bridgehead atoms. The van der Waals surface area contributed by atoms with Crippen molar-refractivity contribution in [3.63, 3.8) is 0 Å². The maximum absolute atomic E-state index is 13.2. The fourth-order valence-electron chi connectivity index (χ4n) is 0.726. The van der Waals surface area contributed by atoms with Crippen molar-refractivity contribution in [1.82, 2.24) is 0 Å². The van der Waals surface area contributed by atoms with Crippen LogP contribution in [0.5, 0.6) is 0 Å². The van der Waals surface area contributed by atoms with Gasteiger partial charge in [-0.15, -0.1) is 0 Å². The molecule has 96 valence electrons. The number of ether oxygens (including phenoxy) is 1. The van der Waals surface area contributed by atoms with Gasteiger partial charge >= 0.3 is 15.8 Å². The molecule has 1 nitrogen and oxygen atoms in total. The molecule has 1 rings (SSSR count). The van der Waals surface area contributed by atoms with Crippen molar-refractivity contribution < 1.29 is 22.3 Å². The van der Waals surface area contributed by atoms with Crippen LogP contribution in [-0.2, 0) is 4.74 Å². The van der Waals surface area contributed by atoms with Crippen LogP contribution >= 0.6 is 69.6 Å². The Morgan fingerprint density at radius 2 is 1.25 bits per heavy atom. The third-order valence-corrected chi connectivity index (χ3v) is 4.55. The summed E-state index contributed by atoms with van der Waals surface area (Å²) >= 11 is 29.1. The molecule has 1 aliphatic carbocycles. The molecule has 0 saturated heterocycles. The Kier molecular flexibility index (Phi) is 3.59. The van der Waals surface area contributed by atoms with E-state index in [1.807, 2.05) is 0 Å². The highest BCUT2D eigenvalue weighted by Gasteiger charge is 2.95.